The van der Waals surface area contributed by atoms with Gasteiger partial charge in [-0.2, -0.15) is 9.47 Å². The van der Waals surface area contributed by atoms with E-state index in [1.165, 1.54) is 6.33 Å². The first-order valence-corrected chi connectivity index (χ1v) is 11.8. The maximum Gasteiger partial charge on any atom is 0.263 e. The second-order valence-electron chi connectivity index (χ2n) is 6.72. The minimum atomic E-state index is -3.77. The highest BCUT2D eigenvalue weighted by Gasteiger charge is 2.18. The van der Waals surface area contributed by atoms with Gasteiger partial charge < -0.3 is 0 Å². The van der Waals surface area contributed by atoms with E-state index in [4.69, 9.17) is 11.6 Å². The van der Waals surface area contributed by atoms with Gasteiger partial charge in [-0.25, -0.2) is 13.4 Å². The number of fused-ring (bicyclic) bond motifs is 1. The van der Waals surface area contributed by atoms with E-state index in [0.29, 0.717) is 5.02 Å². The molecule has 31 heavy (non-hydrogen) atoms. The summed E-state index contributed by atoms with van der Waals surface area (Å²) in [6.07, 6.45) is 4.85. The number of H-pyrrole nitrogens is 1. The third-order valence-electron chi connectivity index (χ3n) is 4.83. The van der Waals surface area contributed by atoms with Crippen LogP contribution in [0.25, 0.3) is 33.0 Å². The lowest BCUT2D eigenvalue weighted by molar-refractivity contribution is 0.601. The lowest BCUT2D eigenvalue weighted by Gasteiger charge is -2.13. The van der Waals surface area contributed by atoms with Gasteiger partial charge in [-0.05, 0) is 51.7 Å². The van der Waals surface area contributed by atoms with Crippen molar-refractivity contribution in [1.29, 1.82) is 0 Å². The number of hydrogen-bond donors (Lipinski definition) is 2. The molecular weight excluding hydrogens is 454 g/mol. The molecule has 0 atom stereocenters. The first kappa shape index (κ1) is 19.7. The predicted molar refractivity (Wildman–Crippen MR) is 123 cm³/mol. The minimum Gasteiger partial charge on any atom is -0.285 e. The van der Waals surface area contributed by atoms with E-state index in [-0.39, 0.29) is 10.0 Å². The molecule has 0 bridgehead atoms. The van der Waals surface area contributed by atoms with Gasteiger partial charge in [-0.3, -0.25) is 9.82 Å². The number of rotatable bonds is 5. The Morgan fingerprint density at radius 3 is 2.68 bits per heavy atom. The smallest absolute Gasteiger partial charge is 0.263 e. The normalized spacial score (nSPS) is 11.6. The Morgan fingerprint density at radius 1 is 1.00 bits per heavy atom. The molecule has 10 heteroatoms. The first-order valence-electron chi connectivity index (χ1n) is 9.13. The Balaban J connectivity index is 1.63. The van der Waals surface area contributed by atoms with Crippen LogP contribution in [0.2, 0.25) is 5.02 Å². The zero-order chi connectivity index (χ0) is 21.4. The van der Waals surface area contributed by atoms with Gasteiger partial charge >= 0.3 is 0 Å². The van der Waals surface area contributed by atoms with Crippen LogP contribution in [0.5, 0.6) is 0 Å². The van der Waals surface area contributed by atoms with Crippen molar-refractivity contribution >= 4 is 49.1 Å². The van der Waals surface area contributed by atoms with E-state index in [1.54, 1.807) is 18.3 Å². The fourth-order valence-corrected chi connectivity index (χ4v) is 5.31. The molecule has 0 saturated carbocycles. The molecular formula is C21H14ClN5O2S2. The number of nitrogens with one attached hydrogen (secondary N) is 2. The van der Waals surface area contributed by atoms with Gasteiger partial charge in [-0.1, -0.05) is 41.9 Å². The summed E-state index contributed by atoms with van der Waals surface area (Å²) in [4.78, 5) is 4.03. The van der Waals surface area contributed by atoms with Gasteiger partial charge in [0.05, 0.1) is 11.1 Å². The van der Waals surface area contributed by atoms with Crippen molar-refractivity contribution in [2.75, 3.05) is 4.72 Å². The Morgan fingerprint density at radius 2 is 1.90 bits per heavy atom. The highest BCUT2D eigenvalue weighted by Crippen LogP contribution is 2.38. The van der Waals surface area contributed by atoms with Crippen LogP contribution < -0.4 is 4.72 Å². The lowest BCUT2D eigenvalue weighted by Crippen LogP contribution is -2.12. The molecule has 5 rings (SSSR count). The number of anilines is 1. The monoisotopic (exact) mass is 467 g/mol. The molecule has 0 amide bonds. The summed E-state index contributed by atoms with van der Waals surface area (Å²) in [7, 11) is -3.77. The van der Waals surface area contributed by atoms with Crippen molar-refractivity contribution in [2.45, 2.75) is 4.90 Å². The summed E-state index contributed by atoms with van der Waals surface area (Å²) >= 11 is 7.24. The number of aromatic nitrogens is 4. The summed E-state index contributed by atoms with van der Waals surface area (Å²) < 4.78 is 31.8. The number of aromatic amines is 1. The summed E-state index contributed by atoms with van der Waals surface area (Å²) in [5.74, 6) is 0. The average Bonchev–Trinajstić information content (AvgIpc) is 3.47. The molecule has 2 heterocycles. The number of halogens is 1. The molecule has 0 spiro atoms. The van der Waals surface area contributed by atoms with E-state index in [2.05, 4.69) is 24.3 Å². The van der Waals surface area contributed by atoms with Crippen LogP contribution in [0.1, 0.15) is 0 Å². The molecule has 2 aromatic heterocycles. The highest BCUT2D eigenvalue weighted by molar-refractivity contribution is 7.93. The van der Waals surface area contributed by atoms with Crippen LogP contribution in [0.15, 0.2) is 78.2 Å². The molecule has 154 valence electrons. The molecule has 7 nitrogen and oxygen atoms in total. The van der Waals surface area contributed by atoms with Gasteiger partial charge in [0.15, 0.2) is 0 Å². The number of hydrogen-bond acceptors (Lipinski definition) is 6. The third kappa shape index (κ3) is 3.78. The Hall–Kier alpha value is -3.27. The molecule has 0 aliphatic heterocycles. The van der Waals surface area contributed by atoms with Crippen LogP contribution >= 0.6 is 23.1 Å². The van der Waals surface area contributed by atoms with Crippen molar-refractivity contribution in [3.05, 3.63) is 78.3 Å². The van der Waals surface area contributed by atoms with E-state index >= 15 is 0 Å². The van der Waals surface area contributed by atoms with E-state index in [0.717, 1.165) is 44.6 Å². The molecule has 0 radical (unpaired) electrons. The van der Waals surface area contributed by atoms with Crippen LogP contribution in [0.3, 0.4) is 0 Å². The fourth-order valence-electron chi connectivity index (χ4n) is 3.44. The largest absolute Gasteiger partial charge is 0.285 e. The number of benzene rings is 3. The standard InChI is InChI=1S/C21H14ClN5O2S2/c22-15-4-6-19(20(9-15)14-10-24-25-11-14)18-3-1-2-13-8-16(5-7-17(13)18)31(28,29)27-21-23-12-26-30-21/h1-12H,(H,24,25)(H,23,26,27). The zero-order valence-corrected chi connectivity index (χ0v) is 18.2. The van der Waals surface area contributed by atoms with Gasteiger partial charge in [0, 0.05) is 28.3 Å². The number of sulfonamides is 1. The SMILES string of the molecule is O=S(=O)(Nc1ncns1)c1ccc2c(-c3ccc(Cl)cc3-c3cn[nH]c3)cccc2c1. The summed E-state index contributed by atoms with van der Waals surface area (Å²) in [5, 5.41) is 9.44. The Bertz CT molecular complexity index is 1480. The summed E-state index contributed by atoms with van der Waals surface area (Å²) in [6, 6.07) is 16.5. The topological polar surface area (TPSA) is 101 Å². The molecule has 3 aromatic carbocycles. The van der Waals surface area contributed by atoms with Crippen LogP contribution in [0.4, 0.5) is 5.13 Å². The van der Waals surface area contributed by atoms with Crippen LogP contribution in [-0.2, 0) is 10.0 Å². The van der Waals surface area contributed by atoms with Gasteiger partial charge in [-0.15, -0.1) is 0 Å². The molecule has 0 aliphatic carbocycles. The van der Waals surface area contributed by atoms with Crippen molar-refractivity contribution in [3.63, 3.8) is 0 Å². The van der Waals surface area contributed by atoms with Crippen molar-refractivity contribution in [1.82, 2.24) is 19.6 Å². The highest BCUT2D eigenvalue weighted by atomic mass is 35.5. The maximum atomic E-state index is 12.7. The molecule has 0 unspecified atom stereocenters. The average molecular weight is 468 g/mol. The van der Waals surface area contributed by atoms with E-state index < -0.39 is 10.0 Å². The van der Waals surface area contributed by atoms with Gasteiger partial charge in [0.2, 0.25) is 5.13 Å². The summed E-state index contributed by atoms with van der Waals surface area (Å²) in [6.45, 7) is 0. The number of nitrogens with zero attached hydrogens (tertiary/aromatic N) is 3. The van der Waals surface area contributed by atoms with Gasteiger partial charge in [0.25, 0.3) is 10.0 Å². The van der Waals surface area contributed by atoms with Gasteiger partial charge in [0.1, 0.15) is 6.33 Å². The second kappa shape index (κ2) is 7.77. The maximum absolute atomic E-state index is 12.7. The van der Waals surface area contributed by atoms with Crippen LogP contribution in [-0.4, -0.2) is 28.0 Å². The fraction of sp³-hybridized carbons (Fsp3) is 0. The van der Waals surface area contributed by atoms with E-state index in [9.17, 15) is 8.42 Å². The van der Waals surface area contributed by atoms with Crippen molar-refractivity contribution < 1.29 is 8.42 Å². The predicted octanol–water partition coefficient (Wildman–Crippen LogP) is 5.20. The lowest BCUT2D eigenvalue weighted by atomic mass is 9.92. The van der Waals surface area contributed by atoms with E-state index in [1.807, 2.05) is 48.7 Å². The Kier molecular flexibility index (Phi) is 4.93. The molecule has 0 fully saturated rings. The molecule has 2 N–H and O–H groups in total. The minimum absolute atomic E-state index is 0.151. The zero-order valence-electron chi connectivity index (χ0n) is 15.8. The molecule has 0 saturated heterocycles. The van der Waals surface area contributed by atoms with Crippen molar-refractivity contribution in [3.8, 4) is 22.3 Å². The quantitative estimate of drug-likeness (QED) is 0.370. The second-order valence-corrected chi connectivity index (χ2v) is 9.62. The Labute approximate surface area is 187 Å². The van der Waals surface area contributed by atoms with Crippen LogP contribution in [0, 0.1) is 0 Å². The van der Waals surface area contributed by atoms with Crippen molar-refractivity contribution in [2.24, 2.45) is 0 Å². The molecule has 5 aromatic rings. The molecule has 0 aliphatic rings. The summed E-state index contributed by atoms with van der Waals surface area (Å²) in [5.41, 5.74) is 3.78. The third-order valence-corrected chi connectivity index (χ3v) is 7.11. The first-order chi connectivity index (χ1) is 15.0.